The number of nitrogens with zero attached hydrogens (tertiary/aromatic N) is 1. The molecule has 4 heteroatoms. The highest BCUT2D eigenvalue weighted by molar-refractivity contribution is 5.55. The zero-order chi connectivity index (χ0) is 13.8. The molecule has 1 aliphatic heterocycles. The normalized spacial score (nSPS) is 17.2. The first kappa shape index (κ1) is 14.3. The van der Waals surface area contributed by atoms with Crippen LogP contribution in [0.15, 0.2) is 18.2 Å². The van der Waals surface area contributed by atoms with Gasteiger partial charge in [-0.1, -0.05) is 26.0 Å². The van der Waals surface area contributed by atoms with Crippen molar-refractivity contribution in [3.63, 3.8) is 0 Å². The van der Waals surface area contributed by atoms with Crippen LogP contribution in [-0.4, -0.2) is 30.3 Å². The number of hydrogen-bond donors (Lipinski definition) is 2. The second kappa shape index (κ2) is 6.35. The van der Waals surface area contributed by atoms with Crippen molar-refractivity contribution in [2.75, 3.05) is 18.0 Å². The highest BCUT2D eigenvalue weighted by Gasteiger charge is 2.21. The molecule has 2 rings (SSSR count). The van der Waals surface area contributed by atoms with E-state index in [1.54, 1.807) is 6.07 Å². The first-order valence-corrected chi connectivity index (χ1v) is 7.01. The minimum Gasteiger partial charge on any atom is -0.393 e. The van der Waals surface area contributed by atoms with Gasteiger partial charge in [0.05, 0.1) is 11.8 Å². The van der Waals surface area contributed by atoms with E-state index in [0.29, 0.717) is 31.1 Å². The average molecular weight is 266 g/mol. The van der Waals surface area contributed by atoms with Crippen LogP contribution in [-0.2, 0) is 6.54 Å². The molecule has 0 spiro atoms. The van der Waals surface area contributed by atoms with Crippen LogP contribution < -0.4 is 10.2 Å². The van der Waals surface area contributed by atoms with Gasteiger partial charge >= 0.3 is 0 Å². The number of aliphatic hydroxyl groups is 1. The lowest BCUT2D eigenvalue weighted by molar-refractivity contribution is 0.145. The zero-order valence-corrected chi connectivity index (χ0v) is 11.7. The third-order valence-electron chi connectivity index (χ3n) is 3.55. The molecule has 1 aliphatic rings. The van der Waals surface area contributed by atoms with Crippen LogP contribution >= 0.6 is 0 Å². The Morgan fingerprint density at radius 1 is 1.37 bits per heavy atom. The molecule has 106 valence electrons. The van der Waals surface area contributed by atoms with Crippen molar-refractivity contribution in [2.45, 2.75) is 45.4 Å². The maximum Gasteiger partial charge on any atom is 0.146 e. The second-order valence-electron chi connectivity index (χ2n) is 5.50. The van der Waals surface area contributed by atoms with Gasteiger partial charge in [-0.3, -0.25) is 0 Å². The molecule has 0 saturated carbocycles. The van der Waals surface area contributed by atoms with Crippen molar-refractivity contribution in [2.24, 2.45) is 0 Å². The molecule has 1 aromatic rings. The summed E-state index contributed by atoms with van der Waals surface area (Å²) in [5.41, 5.74) is 1.69. The number of nitrogens with one attached hydrogen (secondary N) is 1. The molecular formula is C15H23FN2O. The third-order valence-corrected chi connectivity index (χ3v) is 3.55. The van der Waals surface area contributed by atoms with Gasteiger partial charge in [0.2, 0.25) is 0 Å². The van der Waals surface area contributed by atoms with Crippen LogP contribution in [0.4, 0.5) is 10.1 Å². The van der Waals surface area contributed by atoms with Crippen LogP contribution in [0, 0.1) is 5.82 Å². The number of para-hydroxylation sites is 1. The van der Waals surface area contributed by atoms with Crippen molar-refractivity contribution in [3.05, 3.63) is 29.6 Å². The number of piperidine rings is 1. The van der Waals surface area contributed by atoms with E-state index in [4.69, 9.17) is 0 Å². The molecule has 3 nitrogen and oxygen atoms in total. The smallest absolute Gasteiger partial charge is 0.146 e. The first-order valence-electron chi connectivity index (χ1n) is 7.01. The van der Waals surface area contributed by atoms with Crippen molar-refractivity contribution in [1.29, 1.82) is 0 Å². The Kier molecular flexibility index (Phi) is 4.77. The number of halogens is 1. The molecule has 1 saturated heterocycles. The average Bonchev–Trinajstić information content (AvgIpc) is 2.38. The summed E-state index contributed by atoms with van der Waals surface area (Å²) in [6.45, 7) is 6.27. The first-order chi connectivity index (χ1) is 9.08. The molecule has 1 fully saturated rings. The molecule has 0 bridgehead atoms. The number of benzene rings is 1. The Hall–Kier alpha value is -1.13. The highest BCUT2D eigenvalue weighted by Crippen LogP contribution is 2.27. The Morgan fingerprint density at radius 3 is 2.68 bits per heavy atom. The zero-order valence-electron chi connectivity index (χ0n) is 11.7. The second-order valence-corrected chi connectivity index (χ2v) is 5.50. The van der Waals surface area contributed by atoms with Crippen LogP contribution in [0.1, 0.15) is 32.3 Å². The quantitative estimate of drug-likeness (QED) is 0.877. The van der Waals surface area contributed by atoms with Crippen LogP contribution in [0.25, 0.3) is 0 Å². The fourth-order valence-electron chi connectivity index (χ4n) is 2.46. The van der Waals surface area contributed by atoms with E-state index in [0.717, 1.165) is 18.7 Å². The molecule has 1 aromatic carbocycles. The molecule has 19 heavy (non-hydrogen) atoms. The fraction of sp³-hybridized carbons (Fsp3) is 0.600. The van der Waals surface area contributed by atoms with E-state index >= 15 is 0 Å². The predicted molar refractivity (Wildman–Crippen MR) is 75.8 cm³/mol. The van der Waals surface area contributed by atoms with Gasteiger partial charge in [-0.25, -0.2) is 4.39 Å². The molecule has 2 N–H and O–H groups in total. The topological polar surface area (TPSA) is 35.5 Å². The molecule has 0 amide bonds. The molecule has 1 heterocycles. The van der Waals surface area contributed by atoms with Crippen LogP contribution in [0.2, 0.25) is 0 Å². The summed E-state index contributed by atoms with van der Waals surface area (Å²) >= 11 is 0. The minimum atomic E-state index is -0.236. The van der Waals surface area contributed by atoms with Crippen LogP contribution in [0.3, 0.4) is 0 Å². The molecule has 0 aromatic heterocycles. The van der Waals surface area contributed by atoms with E-state index in [1.165, 1.54) is 6.07 Å². The van der Waals surface area contributed by atoms with E-state index in [-0.39, 0.29) is 11.9 Å². The number of aliphatic hydroxyl groups excluding tert-OH is 1. The summed E-state index contributed by atoms with van der Waals surface area (Å²) < 4.78 is 14.1. The van der Waals surface area contributed by atoms with Gasteiger partial charge in [0.15, 0.2) is 0 Å². The van der Waals surface area contributed by atoms with Gasteiger partial charge in [0.1, 0.15) is 5.82 Å². The van der Waals surface area contributed by atoms with E-state index in [1.807, 2.05) is 6.07 Å². The van der Waals surface area contributed by atoms with E-state index in [9.17, 15) is 9.50 Å². The molecule has 0 radical (unpaired) electrons. The molecule has 0 unspecified atom stereocenters. The molecule has 0 atom stereocenters. The highest BCUT2D eigenvalue weighted by atomic mass is 19.1. The Labute approximate surface area is 114 Å². The largest absolute Gasteiger partial charge is 0.393 e. The lowest BCUT2D eigenvalue weighted by Gasteiger charge is -2.33. The summed E-state index contributed by atoms with van der Waals surface area (Å²) in [6, 6.07) is 5.62. The monoisotopic (exact) mass is 266 g/mol. The minimum absolute atomic E-state index is 0.167. The van der Waals surface area contributed by atoms with Crippen molar-refractivity contribution >= 4 is 5.69 Å². The Bertz CT molecular complexity index is 415. The van der Waals surface area contributed by atoms with Gasteiger partial charge in [0, 0.05) is 25.7 Å². The maximum absolute atomic E-state index is 14.1. The van der Waals surface area contributed by atoms with Gasteiger partial charge in [0.25, 0.3) is 0 Å². The van der Waals surface area contributed by atoms with Crippen LogP contribution in [0.5, 0.6) is 0 Å². The number of anilines is 1. The van der Waals surface area contributed by atoms with Crippen molar-refractivity contribution < 1.29 is 9.50 Å². The SMILES string of the molecule is CC(C)NCc1cccc(F)c1N1CCC(O)CC1. The lowest BCUT2D eigenvalue weighted by atomic mass is 10.0. The van der Waals surface area contributed by atoms with E-state index < -0.39 is 0 Å². The Morgan fingerprint density at radius 2 is 2.05 bits per heavy atom. The van der Waals surface area contributed by atoms with Crippen molar-refractivity contribution in [3.8, 4) is 0 Å². The number of hydrogen-bond acceptors (Lipinski definition) is 3. The maximum atomic E-state index is 14.1. The van der Waals surface area contributed by atoms with Crippen molar-refractivity contribution in [1.82, 2.24) is 5.32 Å². The molecule has 0 aliphatic carbocycles. The van der Waals surface area contributed by atoms with Gasteiger partial charge in [-0.15, -0.1) is 0 Å². The fourth-order valence-corrected chi connectivity index (χ4v) is 2.46. The van der Waals surface area contributed by atoms with Gasteiger partial charge < -0.3 is 15.3 Å². The van der Waals surface area contributed by atoms with E-state index in [2.05, 4.69) is 24.1 Å². The summed E-state index contributed by atoms with van der Waals surface area (Å²) in [5, 5.41) is 12.9. The standard InChI is InChI=1S/C15H23FN2O/c1-11(2)17-10-12-4-3-5-14(16)15(12)18-8-6-13(19)7-9-18/h3-5,11,13,17,19H,6-10H2,1-2H3. The lowest BCUT2D eigenvalue weighted by Crippen LogP contribution is -2.37. The summed E-state index contributed by atoms with van der Waals surface area (Å²) in [7, 11) is 0. The predicted octanol–water partition coefficient (Wildman–Crippen LogP) is 2.28. The van der Waals surface area contributed by atoms with Gasteiger partial charge in [-0.05, 0) is 24.5 Å². The third kappa shape index (κ3) is 3.67. The summed E-state index contributed by atoms with van der Waals surface area (Å²) in [6.07, 6.45) is 1.19. The number of rotatable bonds is 4. The Balaban J connectivity index is 2.17. The van der Waals surface area contributed by atoms with Gasteiger partial charge in [-0.2, -0.15) is 0 Å². The summed E-state index contributed by atoms with van der Waals surface area (Å²) in [4.78, 5) is 2.05. The summed E-state index contributed by atoms with van der Waals surface area (Å²) in [5.74, 6) is -0.167. The molecular weight excluding hydrogens is 243 g/mol.